The van der Waals surface area contributed by atoms with E-state index in [1.807, 2.05) is 54.6 Å². The molecule has 4 rings (SSSR count). The molecule has 2 aromatic heterocycles. The zero-order valence-corrected chi connectivity index (χ0v) is 14.7. The van der Waals surface area contributed by atoms with Gasteiger partial charge in [-0.2, -0.15) is 0 Å². The summed E-state index contributed by atoms with van der Waals surface area (Å²) in [4.78, 5) is 17.4. The van der Waals surface area contributed by atoms with Gasteiger partial charge in [0, 0.05) is 5.39 Å². The van der Waals surface area contributed by atoms with Gasteiger partial charge in [0.25, 0.3) is 0 Å². The van der Waals surface area contributed by atoms with E-state index in [0.717, 1.165) is 16.7 Å². The summed E-state index contributed by atoms with van der Waals surface area (Å²) in [6.45, 7) is 0.176. The van der Waals surface area contributed by atoms with E-state index in [4.69, 9.17) is 13.9 Å². The second-order valence-corrected chi connectivity index (χ2v) is 5.97. The van der Waals surface area contributed by atoms with Crippen molar-refractivity contribution in [2.24, 2.45) is 0 Å². The van der Waals surface area contributed by atoms with Crippen molar-refractivity contribution in [2.75, 3.05) is 7.11 Å². The van der Waals surface area contributed by atoms with Gasteiger partial charge in [0.15, 0.2) is 5.76 Å². The molecule has 0 N–H and O–H groups in total. The smallest absolute Gasteiger partial charge is 0.339 e. The minimum atomic E-state index is -0.405. The maximum absolute atomic E-state index is 12.8. The SMILES string of the molecule is COc1ccc(COC(=O)c2cc(-c3ccco3)nc3ccccc23)cc1. The third kappa shape index (κ3) is 3.53. The van der Waals surface area contributed by atoms with Crippen molar-refractivity contribution in [1.29, 1.82) is 0 Å². The number of ether oxygens (including phenoxy) is 2. The minimum absolute atomic E-state index is 0.176. The van der Waals surface area contributed by atoms with Crippen molar-refractivity contribution < 1.29 is 18.7 Å². The Morgan fingerprint density at radius 3 is 2.59 bits per heavy atom. The van der Waals surface area contributed by atoms with Crippen molar-refractivity contribution in [3.05, 3.63) is 84.1 Å². The first-order valence-electron chi connectivity index (χ1n) is 8.48. The third-order valence-electron chi connectivity index (χ3n) is 4.24. The highest BCUT2D eigenvalue weighted by molar-refractivity contribution is 6.04. The van der Waals surface area contributed by atoms with Crippen molar-refractivity contribution in [3.63, 3.8) is 0 Å². The van der Waals surface area contributed by atoms with Gasteiger partial charge in [-0.05, 0) is 42.0 Å². The molecule has 4 aromatic rings. The first-order valence-corrected chi connectivity index (χ1v) is 8.48. The fourth-order valence-electron chi connectivity index (χ4n) is 2.84. The van der Waals surface area contributed by atoms with Crippen LogP contribution in [0.5, 0.6) is 5.75 Å². The topological polar surface area (TPSA) is 61.6 Å². The Labute approximate surface area is 156 Å². The molecular weight excluding hydrogens is 342 g/mol. The lowest BCUT2D eigenvalue weighted by atomic mass is 10.1. The number of carbonyl (C=O) groups is 1. The summed E-state index contributed by atoms with van der Waals surface area (Å²) in [6.07, 6.45) is 1.58. The van der Waals surface area contributed by atoms with Crippen LogP contribution >= 0.6 is 0 Å². The van der Waals surface area contributed by atoms with Crippen molar-refractivity contribution in [1.82, 2.24) is 4.98 Å². The highest BCUT2D eigenvalue weighted by Crippen LogP contribution is 2.26. The molecule has 0 atom stereocenters. The number of benzene rings is 2. The van der Waals surface area contributed by atoms with Crippen LogP contribution in [0.15, 0.2) is 77.4 Å². The van der Waals surface area contributed by atoms with E-state index < -0.39 is 5.97 Å². The van der Waals surface area contributed by atoms with Gasteiger partial charge < -0.3 is 13.9 Å². The van der Waals surface area contributed by atoms with Gasteiger partial charge in [0.2, 0.25) is 0 Å². The van der Waals surface area contributed by atoms with Gasteiger partial charge in [0.1, 0.15) is 18.1 Å². The van der Waals surface area contributed by atoms with E-state index in [-0.39, 0.29) is 6.61 Å². The van der Waals surface area contributed by atoms with Gasteiger partial charge in [-0.1, -0.05) is 30.3 Å². The Morgan fingerprint density at radius 2 is 1.85 bits per heavy atom. The first kappa shape index (κ1) is 16.8. The van der Waals surface area contributed by atoms with Crippen LogP contribution in [0.2, 0.25) is 0 Å². The van der Waals surface area contributed by atoms with Crippen LogP contribution in [-0.4, -0.2) is 18.1 Å². The molecule has 0 amide bonds. The van der Waals surface area contributed by atoms with E-state index in [1.165, 1.54) is 0 Å². The van der Waals surface area contributed by atoms with E-state index in [1.54, 1.807) is 25.5 Å². The number of carbonyl (C=O) groups excluding carboxylic acids is 1. The van der Waals surface area contributed by atoms with Crippen LogP contribution in [0.1, 0.15) is 15.9 Å². The summed E-state index contributed by atoms with van der Waals surface area (Å²) < 4.78 is 16.1. The van der Waals surface area contributed by atoms with Crippen LogP contribution < -0.4 is 4.74 Å². The van der Waals surface area contributed by atoms with Crippen LogP contribution in [-0.2, 0) is 11.3 Å². The molecule has 0 radical (unpaired) electrons. The summed E-state index contributed by atoms with van der Waals surface area (Å²) in [5.41, 5.74) is 2.65. The van der Waals surface area contributed by atoms with Crippen molar-refractivity contribution >= 4 is 16.9 Å². The van der Waals surface area contributed by atoms with Gasteiger partial charge in [0.05, 0.1) is 24.5 Å². The molecule has 0 spiro atoms. The summed E-state index contributed by atoms with van der Waals surface area (Å²) in [5, 5.41) is 0.743. The maximum atomic E-state index is 12.8. The molecule has 0 saturated heterocycles. The Hall–Kier alpha value is -3.60. The molecule has 0 unspecified atom stereocenters. The number of esters is 1. The molecule has 134 valence electrons. The third-order valence-corrected chi connectivity index (χ3v) is 4.24. The molecule has 2 heterocycles. The number of pyridine rings is 1. The summed E-state index contributed by atoms with van der Waals surface area (Å²) in [6, 6.07) is 20.2. The molecule has 0 aliphatic rings. The lowest BCUT2D eigenvalue weighted by Gasteiger charge is -2.09. The Kier molecular flexibility index (Phi) is 4.58. The maximum Gasteiger partial charge on any atom is 0.339 e. The number of hydrogen-bond acceptors (Lipinski definition) is 5. The molecule has 0 aliphatic carbocycles. The number of fused-ring (bicyclic) bond motifs is 1. The van der Waals surface area contributed by atoms with Gasteiger partial charge in [-0.3, -0.25) is 0 Å². The predicted molar refractivity (Wildman–Crippen MR) is 102 cm³/mol. The number of nitrogens with zero attached hydrogens (tertiary/aromatic N) is 1. The number of methoxy groups -OCH3 is 1. The molecule has 0 aliphatic heterocycles. The van der Waals surface area contributed by atoms with Crippen molar-refractivity contribution in [2.45, 2.75) is 6.61 Å². The largest absolute Gasteiger partial charge is 0.497 e. The minimum Gasteiger partial charge on any atom is -0.497 e. The number of rotatable bonds is 5. The Morgan fingerprint density at radius 1 is 1.04 bits per heavy atom. The highest BCUT2D eigenvalue weighted by Gasteiger charge is 2.16. The monoisotopic (exact) mass is 359 g/mol. The quantitative estimate of drug-likeness (QED) is 0.476. The molecule has 5 heteroatoms. The van der Waals surface area contributed by atoms with Crippen LogP contribution in [0, 0.1) is 0 Å². The Bertz CT molecular complexity index is 1070. The number of aromatic nitrogens is 1. The number of hydrogen-bond donors (Lipinski definition) is 0. The molecule has 0 saturated carbocycles. The van der Waals surface area contributed by atoms with Gasteiger partial charge >= 0.3 is 5.97 Å². The first-order chi connectivity index (χ1) is 13.2. The van der Waals surface area contributed by atoms with E-state index >= 15 is 0 Å². The Balaban J connectivity index is 1.63. The van der Waals surface area contributed by atoms with E-state index in [2.05, 4.69) is 4.98 Å². The van der Waals surface area contributed by atoms with Crippen LogP contribution in [0.3, 0.4) is 0 Å². The second kappa shape index (κ2) is 7.33. The average Bonchev–Trinajstić information content (AvgIpc) is 3.26. The van der Waals surface area contributed by atoms with Crippen LogP contribution in [0.4, 0.5) is 0 Å². The highest BCUT2D eigenvalue weighted by atomic mass is 16.5. The van der Waals surface area contributed by atoms with Crippen molar-refractivity contribution in [3.8, 4) is 17.2 Å². The molecule has 0 bridgehead atoms. The van der Waals surface area contributed by atoms with Crippen LogP contribution in [0.25, 0.3) is 22.4 Å². The molecule has 0 fully saturated rings. The summed E-state index contributed by atoms with van der Waals surface area (Å²) >= 11 is 0. The molecule has 27 heavy (non-hydrogen) atoms. The van der Waals surface area contributed by atoms with Gasteiger partial charge in [-0.25, -0.2) is 9.78 Å². The van der Waals surface area contributed by atoms with E-state index in [0.29, 0.717) is 22.5 Å². The summed E-state index contributed by atoms with van der Waals surface area (Å²) in [5.74, 6) is 0.954. The fraction of sp³-hybridized carbons (Fsp3) is 0.0909. The van der Waals surface area contributed by atoms with E-state index in [9.17, 15) is 4.79 Å². The number of furan rings is 1. The zero-order chi connectivity index (χ0) is 18.6. The lowest BCUT2D eigenvalue weighted by Crippen LogP contribution is -2.07. The molecule has 5 nitrogen and oxygen atoms in total. The molecular formula is C22H17NO4. The normalized spacial score (nSPS) is 10.7. The number of para-hydroxylation sites is 1. The van der Waals surface area contributed by atoms with Gasteiger partial charge in [-0.15, -0.1) is 0 Å². The lowest BCUT2D eigenvalue weighted by molar-refractivity contribution is 0.0475. The second-order valence-electron chi connectivity index (χ2n) is 5.97. The molecule has 2 aromatic carbocycles. The standard InChI is InChI=1S/C22H17NO4/c1-25-16-10-8-15(9-11-16)14-27-22(24)18-13-20(21-7-4-12-26-21)23-19-6-3-2-5-17(18)19/h2-13H,14H2,1H3. The summed E-state index contributed by atoms with van der Waals surface area (Å²) in [7, 11) is 1.61. The zero-order valence-electron chi connectivity index (χ0n) is 14.7. The predicted octanol–water partition coefficient (Wildman–Crippen LogP) is 4.86. The average molecular weight is 359 g/mol. The fourth-order valence-corrected chi connectivity index (χ4v) is 2.84.